The van der Waals surface area contributed by atoms with E-state index in [9.17, 15) is 0 Å². The molecule has 0 aliphatic heterocycles. The topological polar surface area (TPSA) is 49.2 Å². The van der Waals surface area contributed by atoms with E-state index in [0.29, 0.717) is 19.2 Å². The third-order valence-corrected chi connectivity index (χ3v) is 3.54. The molecule has 0 fully saturated rings. The van der Waals surface area contributed by atoms with Crippen molar-refractivity contribution in [3.8, 4) is 11.8 Å². The van der Waals surface area contributed by atoms with Crippen LogP contribution < -0.4 is 4.74 Å². The normalized spacial score (nSPS) is 11.0. The zero-order chi connectivity index (χ0) is 14.7. The van der Waals surface area contributed by atoms with Gasteiger partial charge in [-0.1, -0.05) is 15.9 Å². The fourth-order valence-corrected chi connectivity index (χ4v) is 2.27. The number of hydrogen-bond acceptors (Lipinski definition) is 4. The predicted molar refractivity (Wildman–Crippen MR) is 83.6 cm³/mol. The second-order valence-corrected chi connectivity index (χ2v) is 5.36. The molecule has 0 amide bonds. The molecule has 0 atom stereocenters. The summed E-state index contributed by atoms with van der Waals surface area (Å²) in [6.45, 7) is 1.20. The molecule has 5 nitrogen and oxygen atoms in total. The van der Waals surface area contributed by atoms with Crippen molar-refractivity contribution in [2.75, 3.05) is 13.7 Å². The Hall–Kier alpha value is -1.92. The van der Waals surface area contributed by atoms with Crippen LogP contribution in [-0.4, -0.2) is 28.3 Å². The van der Waals surface area contributed by atoms with E-state index in [4.69, 9.17) is 9.47 Å². The maximum Gasteiger partial charge on any atom is 0.304 e. The summed E-state index contributed by atoms with van der Waals surface area (Å²) in [6.07, 6.45) is 1.75. The minimum absolute atomic E-state index is 0.517. The molecule has 3 aromatic rings. The zero-order valence-electron chi connectivity index (χ0n) is 11.5. The van der Waals surface area contributed by atoms with Gasteiger partial charge in [-0.25, -0.2) is 4.98 Å². The number of ether oxygens (including phenoxy) is 2. The van der Waals surface area contributed by atoms with E-state index in [1.54, 1.807) is 13.3 Å². The van der Waals surface area contributed by atoms with Gasteiger partial charge in [-0.3, -0.25) is 4.57 Å². The molecule has 21 heavy (non-hydrogen) atoms. The van der Waals surface area contributed by atoms with E-state index in [0.717, 1.165) is 21.4 Å². The van der Waals surface area contributed by atoms with Crippen LogP contribution in [0.3, 0.4) is 0 Å². The van der Waals surface area contributed by atoms with Crippen LogP contribution >= 0.6 is 15.9 Å². The molecule has 2 aromatic heterocycles. The Morgan fingerprint density at radius 1 is 1.19 bits per heavy atom. The van der Waals surface area contributed by atoms with Crippen molar-refractivity contribution in [3.05, 3.63) is 47.1 Å². The van der Waals surface area contributed by atoms with Gasteiger partial charge in [0.05, 0.1) is 13.2 Å². The lowest BCUT2D eigenvalue weighted by Crippen LogP contribution is -2.06. The molecular weight excluding hydrogens is 334 g/mol. The van der Waals surface area contributed by atoms with Gasteiger partial charge in [0.1, 0.15) is 11.3 Å². The van der Waals surface area contributed by atoms with Gasteiger partial charge in [-0.2, -0.15) is 4.98 Å². The first-order valence-corrected chi connectivity index (χ1v) is 7.31. The van der Waals surface area contributed by atoms with Crippen LogP contribution in [0.1, 0.15) is 0 Å². The standard InChI is InChI=1S/C15H14BrN3O2/c1-20-10-9-19-14-13(3-2-8-17-14)18-15(19)21-12-6-4-11(16)5-7-12/h2-8H,9-10H2,1H3. The predicted octanol–water partition coefficient (Wildman–Crippen LogP) is 3.63. The molecule has 0 aliphatic carbocycles. The summed E-state index contributed by atoms with van der Waals surface area (Å²) in [5.41, 5.74) is 1.60. The lowest BCUT2D eigenvalue weighted by molar-refractivity contribution is 0.185. The molecule has 0 bridgehead atoms. The Labute approximate surface area is 130 Å². The first-order chi connectivity index (χ1) is 10.3. The van der Waals surface area contributed by atoms with Gasteiger partial charge in [0.2, 0.25) is 0 Å². The Bertz CT molecular complexity index is 740. The quantitative estimate of drug-likeness (QED) is 0.707. The number of halogens is 1. The molecule has 108 valence electrons. The Kier molecular flexibility index (Phi) is 4.17. The maximum absolute atomic E-state index is 5.88. The number of nitrogens with zero attached hydrogens (tertiary/aromatic N) is 3. The van der Waals surface area contributed by atoms with Gasteiger partial charge < -0.3 is 9.47 Å². The number of benzene rings is 1. The van der Waals surface area contributed by atoms with Gasteiger partial charge in [0, 0.05) is 17.8 Å². The van der Waals surface area contributed by atoms with Gasteiger partial charge >= 0.3 is 6.01 Å². The van der Waals surface area contributed by atoms with E-state index in [-0.39, 0.29) is 0 Å². The largest absolute Gasteiger partial charge is 0.425 e. The summed E-state index contributed by atoms with van der Waals surface area (Å²) in [7, 11) is 1.67. The Morgan fingerprint density at radius 3 is 2.76 bits per heavy atom. The summed E-state index contributed by atoms with van der Waals surface area (Å²) in [6, 6.07) is 11.9. The van der Waals surface area contributed by atoms with Crippen molar-refractivity contribution >= 4 is 27.1 Å². The minimum atomic E-state index is 0.517. The molecule has 0 N–H and O–H groups in total. The smallest absolute Gasteiger partial charge is 0.304 e. The molecule has 0 spiro atoms. The number of hydrogen-bond donors (Lipinski definition) is 0. The van der Waals surface area contributed by atoms with Gasteiger partial charge in [-0.15, -0.1) is 0 Å². The second-order valence-electron chi connectivity index (χ2n) is 4.44. The van der Waals surface area contributed by atoms with Crippen LogP contribution in [0.15, 0.2) is 47.1 Å². The highest BCUT2D eigenvalue weighted by Crippen LogP contribution is 2.25. The third-order valence-electron chi connectivity index (χ3n) is 3.01. The highest BCUT2D eigenvalue weighted by molar-refractivity contribution is 9.10. The van der Waals surface area contributed by atoms with Crippen molar-refractivity contribution in [2.24, 2.45) is 0 Å². The molecule has 3 rings (SSSR count). The number of methoxy groups -OCH3 is 1. The third kappa shape index (κ3) is 3.06. The molecule has 2 heterocycles. The van der Waals surface area contributed by atoms with E-state index in [1.807, 2.05) is 41.0 Å². The highest BCUT2D eigenvalue weighted by Gasteiger charge is 2.13. The van der Waals surface area contributed by atoms with Crippen molar-refractivity contribution in [3.63, 3.8) is 0 Å². The molecule has 0 saturated carbocycles. The number of rotatable bonds is 5. The minimum Gasteiger partial charge on any atom is -0.425 e. The first-order valence-electron chi connectivity index (χ1n) is 6.51. The Morgan fingerprint density at radius 2 is 2.00 bits per heavy atom. The average molecular weight is 348 g/mol. The van der Waals surface area contributed by atoms with Crippen molar-refractivity contribution in [2.45, 2.75) is 6.54 Å². The summed E-state index contributed by atoms with van der Waals surface area (Å²) in [4.78, 5) is 8.86. The number of imidazole rings is 1. The van der Waals surface area contributed by atoms with E-state index in [1.165, 1.54) is 0 Å². The van der Waals surface area contributed by atoms with Crippen molar-refractivity contribution in [1.29, 1.82) is 0 Å². The van der Waals surface area contributed by atoms with Crippen LogP contribution in [0.5, 0.6) is 11.8 Å². The van der Waals surface area contributed by atoms with Gasteiger partial charge in [0.15, 0.2) is 5.65 Å². The lowest BCUT2D eigenvalue weighted by Gasteiger charge is -2.08. The average Bonchev–Trinajstić information content (AvgIpc) is 2.85. The van der Waals surface area contributed by atoms with Gasteiger partial charge in [-0.05, 0) is 36.4 Å². The molecule has 0 radical (unpaired) electrons. The van der Waals surface area contributed by atoms with Crippen LogP contribution in [-0.2, 0) is 11.3 Å². The molecular formula is C15H14BrN3O2. The molecule has 0 aliphatic rings. The number of pyridine rings is 1. The van der Waals surface area contributed by atoms with E-state index < -0.39 is 0 Å². The summed E-state index contributed by atoms with van der Waals surface area (Å²) in [5.74, 6) is 0.729. The van der Waals surface area contributed by atoms with Gasteiger partial charge in [0.25, 0.3) is 0 Å². The Balaban J connectivity index is 1.97. The molecule has 6 heteroatoms. The molecule has 0 saturated heterocycles. The maximum atomic E-state index is 5.88. The van der Waals surface area contributed by atoms with Crippen LogP contribution in [0.25, 0.3) is 11.2 Å². The van der Waals surface area contributed by atoms with Crippen molar-refractivity contribution < 1.29 is 9.47 Å². The lowest BCUT2D eigenvalue weighted by atomic mass is 10.3. The molecule has 1 aromatic carbocycles. The van der Waals surface area contributed by atoms with Crippen LogP contribution in [0.4, 0.5) is 0 Å². The van der Waals surface area contributed by atoms with Crippen LogP contribution in [0, 0.1) is 0 Å². The summed E-state index contributed by atoms with van der Waals surface area (Å²) < 4.78 is 14.0. The number of fused-ring (bicyclic) bond motifs is 1. The SMILES string of the molecule is COCCn1c(Oc2ccc(Br)cc2)nc2cccnc21. The fourth-order valence-electron chi connectivity index (χ4n) is 2.01. The monoisotopic (exact) mass is 347 g/mol. The molecule has 0 unspecified atom stereocenters. The first kappa shape index (κ1) is 14.0. The zero-order valence-corrected chi connectivity index (χ0v) is 13.1. The summed E-state index contributed by atoms with van der Waals surface area (Å²) >= 11 is 3.40. The highest BCUT2D eigenvalue weighted by atomic mass is 79.9. The second kappa shape index (κ2) is 6.24. The fraction of sp³-hybridized carbons (Fsp3) is 0.200. The van der Waals surface area contributed by atoms with Crippen molar-refractivity contribution in [1.82, 2.24) is 14.5 Å². The number of aromatic nitrogens is 3. The summed E-state index contributed by atoms with van der Waals surface area (Å²) in [5, 5.41) is 0. The van der Waals surface area contributed by atoms with E-state index in [2.05, 4.69) is 25.9 Å². The van der Waals surface area contributed by atoms with E-state index >= 15 is 0 Å². The van der Waals surface area contributed by atoms with Crippen LogP contribution in [0.2, 0.25) is 0 Å².